The Kier molecular flexibility index (Phi) is 6.03. The minimum atomic E-state index is -0.0975. The fraction of sp³-hybridized carbons (Fsp3) is 0.381. The number of aryl methyl sites for hydroxylation is 1. The molecule has 2 heterocycles. The van der Waals surface area contributed by atoms with Crippen LogP contribution in [0.5, 0.6) is 5.75 Å². The van der Waals surface area contributed by atoms with Crippen LogP contribution in [0, 0.1) is 6.92 Å². The number of H-pyrrole nitrogens is 1. The Hall–Kier alpha value is -2.41. The number of aromatic nitrogens is 3. The van der Waals surface area contributed by atoms with Gasteiger partial charge in [0, 0.05) is 12.1 Å². The molecule has 1 aromatic carbocycles. The van der Waals surface area contributed by atoms with Gasteiger partial charge in [-0.3, -0.25) is 9.89 Å². The molecule has 2 aromatic heterocycles. The number of hydrogen-bond donors (Lipinski definition) is 2. The SMILES string of the molecule is Cc1ccc2c(NC(=O)CCCOc3ccc(C(C)(C)C)cc3Br)n[nH]c2n1. The summed E-state index contributed by atoms with van der Waals surface area (Å²) in [5.74, 6) is 1.20. The Morgan fingerprint density at radius 3 is 2.75 bits per heavy atom. The monoisotopic (exact) mass is 444 g/mol. The molecular weight excluding hydrogens is 420 g/mol. The van der Waals surface area contributed by atoms with E-state index >= 15 is 0 Å². The van der Waals surface area contributed by atoms with Gasteiger partial charge >= 0.3 is 0 Å². The number of anilines is 1. The molecule has 1 amide bonds. The Bertz CT molecular complexity index is 992. The number of fused-ring (bicyclic) bond motifs is 1. The summed E-state index contributed by atoms with van der Waals surface area (Å²) in [7, 11) is 0. The first-order valence-electron chi connectivity index (χ1n) is 9.28. The van der Waals surface area contributed by atoms with E-state index in [2.05, 4.69) is 69.3 Å². The van der Waals surface area contributed by atoms with Gasteiger partial charge in [-0.05, 0) is 64.5 Å². The Morgan fingerprint density at radius 1 is 1.25 bits per heavy atom. The molecular formula is C21H25BrN4O2. The van der Waals surface area contributed by atoms with E-state index in [9.17, 15) is 4.79 Å². The van der Waals surface area contributed by atoms with Crippen molar-refractivity contribution in [2.75, 3.05) is 11.9 Å². The standard InChI is InChI=1S/C21H25BrN4O2/c1-13-7-9-15-19(23-13)25-26-20(15)24-18(27)6-5-11-28-17-10-8-14(12-16(17)22)21(2,3)4/h7-10,12H,5-6,11H2,1-4H3,(H2,23,24,25,26,27). The van der Waals surface area contributed by atoms with E-state index in [1.54, 1.807) is 0 Å². The van der Waals surface area contributed by atoms with Crippen molar-refractivity contribution in [1.82, 2.24) is 15.2 Å². The Morgan fingerprint density at radius 2 is 2.04 bits per heavy atom. The summed E-state index contributed by atoms with van der Waals surface area (Å²) in [4.78, 5) is 16.6. The van der Waals surface area contributed by atoms with Gasteiger partial charge in [-0.2, -0.15) is 5.10 Å². The predicted molar refractivity (Wildman–Crippen MR) is 115 cm³/mol. The van der Waals surface area contributed by atoms with E-state index in [0.717, 1.165) is 21.3 Å². The second-order valence-corrected chi connectivity index (χ2v) is 8.67. The van der Waals surface area contributed by atoms with Crippen LogP contribution >= 0.6 is 15.9 Å². The van der Waals surface area contributed by atoms with Gasteiger partial charge in [-0.25, -0.2) is 4.98 Å². The molecule has 0 saturated carbocycles. The number of nitrogens with zero attached hydrogens (tertiary/aromatic N) is 2. The highest BCUT2D eigenvalue weighted by atomic mass is 79.9. The normalized spacial score (nSPS) is 11.6. The first-order chi connectivity index (χ1) is 13.2. The summed E-state index contributed by atoms with van der Waals surface area (Å²) in [5, 5.41) is 10.6. The second-order valence-electron chi connectivity index (χ2n) is 7.82. The van der Waals surface area contributed by atoms with Gasteiger partial charge in [-0.15, -0.1) is 0 Å². The molecule has 2 N–H and O–H groups in total. The van der Waals surface area contributed by atoms with Gasteiger partial charge < -0.3 is 10.1 Å². The summed E-state index contributed by atoms with van der Waals surface area (Å²) >= 11 is 3.57. The molecule has 0 aliphatic heterocycles. The van der Waals surface area contributed by atoms with Gasteiger partial charge in [0.25, 0.3) is 0 Å². The lowest BCUT2D eigenvalue weighted by Gasteiger charge is -2.20. The zero-order chi connectivity index (χ0) is 20.3. The van der Waals surface area contributed by atoms with Crippen LogP contribution in [0.15, 0.2) is 34.8 Å². The summed E-state index contributed by atoms with van der Waals surface area (Å²) in [6, 6.07) is 9.92. The number of carbonyl (C=O) groups excluding carboxylic acids is 1. The van der Waals surface area contributed by atoms with Gasteiger partial charge in [-0.1, -0.05) is 26.8 Å². The third kappa shape index (κ3) is 4.90. The van der Waals surface area contributed by atoms with Crippen LogP contribution in [-0.4, -0.2) is 27.7 Å². The molecule has 0 atom stereocenters. The van der Waals surface area contributed by atoms with Crippen LogP contribution in [-0.2, 0) is 10.2 Å². The molecule has 6 nitrogen and oxygen atoms in total. The van der Waals surface area contributed by atoms with E-state index in [0.29, 0.717) is 30.9 Å². The van der Waals surface area contributed by atoms with Gasteiger partial charge in [0.1, 0.15) is 5.75 Å². The smallest absolute Gasteiger partial charge is 0.225 e. The number of aromatic amines is 1. The zero-order valence-electron chi connectivity index (χ0n) is 16.6. The molecule has 3 aromatic rings. The highest BCUT2D eigenvalue weighted by molar-refractivity contribution is 9.10. The van der Waals surface area contributed by atoms with Gasteiger partial charge in [0.05, 0.1) is 16.5 Å². The van der Waals surface area contributed by atoms with E-state index in [1.807, 2.05) is 25.1 Å². The molecule has 3 rings (SSSR count). The predicted octanol–water partition coefficient (Wildman–Crippen LogP) is 5.12. The fourth-order valence-corrected chi connectivity index (χ4v) is 3.28. The topological polar surface area (TPSA) is 79.9 Å². The average Bonchev–Trinajstić information content (AvgIpc) is 3.00. The van der Waals surface area contributed by atoms with Crippen molar-refractivity contribution < 1.29 is 9.53 Å². The van der Waals surface area contributed by atoms with Crippen LogP contribution in [0.2, 0.25) is 0 Å². The largest absolute Gasteiger partial charge is 0.492 e. The van der Waals surface area contributed by atoms with Crippen molar-refractivity contribution in [2.45, 2.75) is 46.0 Å². The Labute approximate surface area is 173 Å². The number of carbonyl (C=O) groups is 1. The van der Waals surface area contributed by atoms with Crippen molar-refractivity contribution in [2.24, 2.45) is 0 Å². The molecule has 0 aliphatic carbocycles. The molecule has 0 spiro atoms. The lowest BCUT2D eigenvalue weighted by Crippen LogP contribution is -2.13. The molecule has 0 saturated heterocycles. The number of pyridine rings is 1. The number of amides is 1. The third-order valence-electron chi connectivity index (χ3n) is 4.42. The molecule has 28 heavy (non-hydrogen) atoms. The van der Waals surface area contributed by atoms with Crippen LogP contribution < -0.4 is 10.1 Å². The maximum atomic E-state index is 12.2. The zero-order valence-corrected chi connectivity index (χ0v) is 18.2. The minimum Gasteiger partial charge on any atom is -0.492 e. The maximum Gasteiger partial charge on any atom is 0.225 e. The van der Waals surface area contributed by atoms with E-state index in [-0.39, 0.29) is 11.3 Å². The summed E-state index contributed by atoms with van der Waals surface area (Å²) < 4.78 is 6.74. The van der Waals surface area contributed by atoms with Crippen molar-refractivity contribution in [3.63, 3.8) is 0 Å². The van der Waals surface area contributed by atoms with E-state index in [4.69, 9.17) is 4.74 Å². The lowest BCUT2D eigenvalue weighted by atomic mass is 9.87. The Balaban J connectivity index is 1.49. The molecule has 0 radical (unpaired) electrons. The second kappa shape index (κ2) is 8.31. The van der Waals surface area contributed by atoms with Crippen LogP contribution in [0.3, 0.4) is 0 Å². The quantitative estimate of drug-likeness (QED) is 0.516. The van der Waals surface area contributed by atoms with Crippen molar-refractivity contribution >= 4 is 38.7 Å². The van der Waals surface area contributed by atoms with Crippen molar-refractivity contribution in [1.29, 1.82) is 0 Å². The van der Waals surface area contributed by atoms with Crippen molar-refractivity contribution in [3.8, 4) is 5.75 Å². The highest BCUT2D eigenvalue weighted by Crippen LogP contribution is 2.31. The first-order valence-corrected chi connectivity index (χ1v) is 10.1. The van der Waals surface area contributed by atoms with Gasteiger partial charge in [0.15, 0.2) is 11.5 Å². The maximum absolute atomic E-state index is 12.2. The van der Waals surface area contributed by atoms with Crippen molar-refractivity contribution in [3.05, 3.63) is 46.1 Å². The van der Waals surface area contributed by atoms with E-state index in [1.165, 1.54) is 5.56 Å². The molecule has 148 valence electrons. The first kappa shape index (κ1) is 20.3. The fourth-order valence-electron chi connectivity index (χ4n) is 2.79. The van der Waals surface area contributed by atoms with Gasteiger partial charge in [0.2, 0.25) is 5.91 Å². The number of hydrogen-bond acceptors (Lipinski definition) is 4. The summed E-state index contributed by atoms with van der Waals surface area (Å²) in [6.07, 6.45) is 0.963. The number of benzene rings is 1. The molecule has 7 heteroatoms. The molecule has 0 bridgehead atoms. The summed E-state index contributed by atoms with van der Waals surface area (Å²) in [6.45, 7) is 8.89. The highest BCUT2D eigenvalue weighted by Gasteiger charge is 2.15. The van der Waals surface area contributed by atoms with Crippen LogP contribution in [0.25, 0.3) is 11.0 Å². The average molecular weight is 445 g/mol. The molecule has 0 fully saturated rings. The lowest BCUT2D eigenvalue weighted by molar-refractivity contribution is -0.116. The minimum absolute atomic E-state index is 0.0871. The number of halogens is 1. The van der Waals surface area contributed by atoms with E-state index < -0.39 is 0 Å². The number of ether oxygens (including phenoxy) is 1. The molecule has 0 aliphatic rings. The summed E-state index contributed by atoms with van der Waals surface area (Å²) in [5.41, 5.74) is 2.89. The van der Waals surface area contributed by atoms with Crippen LogP contribution in [0.4, 0.5) is 5.82 Å². The van der Waals surface area contributed by atoms with Crippen LogP contribution in [0.1, 0.15) is 44.9 Å². The molecule has 0 unspecified atom stereocenters. The number of nitrogens with one attached hydrogen (secondary N) is 2. The number of rotatable bonds is 6. The third-order valence-corrected chi connectivity index (χ3v) is 5.04.